The summed E-state index contributed by atoms with van der Waals surface area (Å²) in [5.41, 5.74) is 2.12. The van der Waals surface area contributed by atoms with Crippen molar-refractivity contribution in [3.63, 3.8) is 0 Å². The molecular weight excluding hydrogens is 280 g/mol. The maximum Gasteiger partial charge on any atom is 0.257 e. The number of aryl methyl sites for hydroxylation is 1. The molecule has 0 fully saturated rings. The third kappa shape index (κ3) is 2.79. The van der Waals surface area contributed by atoms with Gasteiger partial charge in [-0.15, -0.1) is 0 Å². The monoisotopic (exact) mass is 296 g/mol. The van der Waals surface area contributed by atoms with E-state index in [-0.39, 0.29) is 5.91 Å². The lowest BCUT2D eigenvalue weighted by atomic mass is 10.1. The summed E-state index contributed by atoms with van der Waals surface area (Å²) in [6, 6.07) is 8.89. The Labute approximate surface area is 127 Å². The molecule has 0 saturated carbocycles. The topological polar surface area (TPSA) is 64.4 Å². The maximum absolute atomic E-state index is 12.4. The van der Waals surface area contributed by atoms with E-state index in [1.807, 2.05) is 26.0 Å². The van der Waals surface area contributed by atoms with Gasteiger partial charge in [0.15, 0.2) is 0 Å². The van der Waals surface area contributed by atoms with Gasteiger partial charge in [-0.25, -0.2) is 4.98 Å². The smallest absolute Gasteiger partial charge is 0.257 e. The molecular formula is C17H16N2O3. The highest BCUT2D eigenvalue weighted by atomic mass is 16.5. The molecule has 2 aromatic heterocycles. The van der Waals surface area contributed by atoms with Gasteiger partial charge in [0.1, 0.15) is 17.2 Å². The standard InChI is InChI=1S/C17H16N2O3/c1-3-21-14-8-12(9-15-13(14)6-7-22-15)17(20)19-16-5-4-11(2)10-18-16/h4-10H,3H2,1-2H3,(H,18,19,20). The molecule has 3 rings (SSSR count). The molecule has 0 spiro atoms. The molecule has 0 radical (unpaired) electrons. The van der Waals surface area contributed by atoms with E-state index in [1.54, 1.807) is 30.7 Å². The summed E-state index contributed by atoms with van der Waals surface area (Å²) in [5.74, 6) is 0.888. The summed E-state index contributed by atoms with van der Waals surface area (Å²) in [7, 11) is 0. The Hall–Kier alpha value is -2.82. The first-order chi connectivity index (χ1) is 10.7. The minimum atomic E-state index is -0.254. The van der Waals surface area contributed by atoms with E-state index < -0.39 is 0 Å². The van der Waals surface area contributed by atoms with Crippen LogP contribution in [0.15, 0.2) is 47.2 Å². The summed E-state index contributed by atoms with van der Waals surface area (Å²) in [5, 5.41) is 3.62. The molecule has 0 aliphatic carbocycles. The number of benzene rings is 1. The van der Waals surface area contributed by atoms with E-state index in [1.165, 1.54) is 0 Å². The van der Waals surface area contributed by atoms with Crippen LogP contribution in [-0.2, 0) is 0 Å². The Morgan fingerprint density at radius 1 is 1.32 bits per heavy atom. The van der Waals surface area contributed by atoms with Gasteiger partial charge in [-0.05, 0) is 43.7 Å². The highest BCUT2D eigenvalue weighted by Crippen LogP contribution is 2.29. The number of nitrogens with one attached hydrogen (secondary N) is 1. The van der Waals surface area contributed by atoms with E-state index in [0.717, 1.165) is 10.9 Å². The third-order valence-corrected chi connectivity index (χ3v) is 3.25. The summed E-state index contributed by atoms with van der Waals surface area (Å²) >= 11 is 0. The van der Waals surface area contributed by atoms with Gasteiger partial charge in [0.25, 0.3) is 5.91 Å². The lowest BCUT2D eigenvalue weighted by Gasteiger charge is -2.08. The molecule has 5 heteroatoms. The lowest BCUT2D eigenvalue weighted by Crippen LogP contribution is -2.13. The van der Waals surface area contributed by atoms with Crippen LogP contribution in [0.3, 0.4) is 0 Å². The van der Waals surface area contributed by atoms with Gasteiger partial charge in [0.2, 0.25) is 0 Å². The van der Waals surface area contributed by atoms with Crippen LogP contribution in [0.25, 0.3) is 11.0 Å². The minimum Gasteiger partial charge on any atom is -0.493 e. The van der Waals surface area contributed by atoms with Gasteiger partial charge >= 0.3 is 0 Å². The number of carbonyl (C=O) groups excluding carboxylic acids is 1. The molecule has 1 amide bonds. The normalized spacial score (nSPS) is 10.6. The summed E-state index contributed by atoms with van der Waals surface area (Å²) in [4.78, 5) is 16.5. The third-order valence-electron chi connectivity index (χ3n) is 3.25. The maximum atomic E-state index is 12.4. The van der Waals surface area contributed by atoms with Crippen LogP contribution in [0, 0.1) is 6.92 Å². The van der Waals surface area contributed by atoms with Crippen molar-refractivity contribution >= 4 is 22.7 Å². The number of pyridine rings is 1. The molecule has 1 N–H and O–H groups in total. The molecule has 1 aromatic carbocycles. The predicted octanol–water partition coefficient (Wildman–Crippen LogP) is 3.79. The van der Waals surface area contributed by atoms with Gasteiger partial charge in [-0.3, -0.25) is 4.79 Å². The van der Waals surface area contributed by atoms with Crippen molar-refractivity contribution in [3.05, 3.63) is 53.9 Å². The van der Waals surface area contributed by atoms with Crippen LogP contribution >= 0.6 is 0 Å². The van der Waals surface area contributed by atoms with Crippen LogP contribution in [0.5, 0.6) is 5.75 Å². The molecule has 5 nitrogen and oxygen atoms in total. The fraction of sp³-hybridized carbons (Fsp3) is 0.176. The van der Waals surface area contributed by atoms with E-state index in [0.29, 0.717) is 29.3 Å². The Morgan fingerprint density at radius 3 is 2.91 bits per heavy atom. The second kappa shape index (κ2) is 5.89. The van der Waals surface area contributed by atoms with Crippen LogP contribution in [-0.4, -0.2) is 17.5 Å². The largest absolute Gasteiger partial charge is 0.493 e. The molecule has 0 atom stereocenters. The molecule has 0 aliphatic rings. The van der Waals surface area contributed by atoms with E-state index in [2.05, 4.69) is 10.3 Å². The van der Waals surface area contributed by atoms with Crippen molar-refractivity contribution in [2.75, 3.05) is 11.9 Å². The first kappa shape index (κ1) is 14.1. The lowest BCUT2D eigenvalue weighted by molar-refractivity contribution is 0.102. The average Bonchev–Trinajstić information content (AvgIpc) is 2.98. The molecule has 0 bridgehead atoms. The Kier molecular flexibility index (Phi) is 3.78. The van der Waals surface area contributed by atoms with Crippen LogP contribution in [0.1, 0.15) is 22.8 Å². The number of hydrogen-bond donors (Lipinski definition) is 1. The number of amides is 1. The highest BCUT2D eigenvalue weighted by Gasteiger charge is 2.13. The van der Waals surface area contributed by atoms with Gasteiger partial charge in [-0.1, -0.05) is 6.07 Å². The van der Waals surface area contributed by atoms with Crippen molar-refractivity contribution in [1.82, 2.24) is 4.98 Å². The Morgan fingerprint density at radius 2 is 2.18 bits per heavy atom. The SMILES string of the molecule is CCOc1cc(C(=O)Nc2ccc(C)cn2)cc2occc12. The first-order valence-electron chi connectivity index (χ1n) is 7.05. The second-order valence-corrected chi connectivity index (χ2v) is 4.91. The van der Waals surface area contributed by atoms with Crippen LogP contribution in [0.4, 0.5) is 5.82 Å². The van der Waals surface area contributed by atoms with Crippen molar-refractivity contribution in [2.45, 2.75) is 13.8 Å². The number of rotatable bonds is 4. The van der Waals surface area contributed by atoms with Crippen LogP contribution in [0.2, 0.25) is 0 Å². The number of anilines is 1. The number of nitrogens with zero attached hydrogens (tertiary/aromatic N) is 1. The Bertz CT molecular complexity index is 806. The quantitative estimate of drug-likeness (QED) is 0.795. The fourth-order valence-corrected chi connectivity index (χ4v) is 2.17. The van der Waals surface area contributed by atoms with Crippen LogP contribution < -0.4 is 10.1 Å². The Balaban J connectivity index is 1.91. The average molecular weight is 296 g/mol. The van der Waals surface area contributed by atoms with Crippen molar-refractivity contribution < 1.29 is 13.9 Å². The van der Waals surface area contributed by atoms with Crippen molar-refractivity contribution in [3.8, 4) is 5.75 Å². The van der Waals surface area contributed by atoms with Crippen molar-refractivity contribution in [2.24, 2.45) is 0 Å². The molecule has 0 saturated heterocycles. The molecule has 0 unspecified atom stereocenters. The molecule has 112 valence electrons. The van der Waals surface area contributed by atoms with Gasteiger partial charge in [0.05, 0.1) is 18.3 Å². The first-order valence-corrected chi connectivity index (χ1v) is 7.05. The van der Waals surface area contributed by atoms with Crippen molar-refractivity contribution in [1.29, 1.82) is 0 Å². The number of furan rings is 1. The molecule has 3 aromatic rings. The molecule has 22 heavy (non-hydrogen) atoms. The van der Waals surface area contributed by atoms with E-state index in [9.17, 15) is 4.79 Å². The number of aromatic nitrogens is 1. The fourth-order valence-electron chi connectivity index (χ4n) is 2.17. The van der Waals surface area contributed by atoms with E-state index in [4.69, 9.17) is 9.15 Å². The number of ether oxygens (including phenoxy) is 1. The van der Waals surface area contributed by atoms with Gasteiger partial charge in [-0.2, -0.15) is 0 Å². The summed E-state index contributed by atoms with van der Waals surface area (Å²) in [6.07, 6.45) is 3.29. The predicted molar refractivity (Wildman–Crippen MR) is 84.3 cm³/mol. The van der Waals surface area contributed by atoms with E-state index >= 15 is 0 Å². The van der Waals surface area contributed by atoms with Gasteiger partial charge in [0, 0.05) is 11.8 Å². The van der Waals surface area contributed by atoms with Gasteiger partial charge < -0.3 is 14.5 Å². The number of fused-ring (bicyclic) bond motifs is 1. The second-order valence-electron chi connectivity index (χ2n) is 4.91. The zero-order valence-corrected chi connectivity index (χ0v) is 12.4. The zero-order valence-electron chi connectivity index (χ0n) is 12.4. The highest BCUT2D eigenvalue weighted by molar-refractivity contribution is 6.06. The number of hydrogen-bond acceptors (Lipinski definition) is 4. The summed E-state index contributed by atoms with van der Waals surface area (Å²) in [6.45, 7) is 4.36. The zero-order chi connectivity index (χ0) is 15.5. The molecule has 2 heterocycles. The number of carbonyl (C=O) groups is 1. The summed E-state index contributed by atoms with van der Waals surface area (Å²) < 4.78 is 11.0. The molecule has 0 aliphatic heterocycles. The minimum absolute atomic E-state index is 0.254.